The van der Waals surface area contributed by atoms with Crippen LogP contribution < -0.4 is 11.1 Å². The number of imidazole rings is 1. The number of nitrogens with one attached hydrogen (secondary N) is 2. The van der Waals surface area contributed by atoms with E-state index in [2.05, 4.69) is 15.3 Å². The van der Waals surface area contributed by atoms with Gasteiger partial charge in [0.2, 0.25) is 11.8 Å². The van der Waals surface area contributed by atoms with Crippen LogP contribution in [0.1, 0.15) is 70.2 Å². The number of benzene rings is 1. The zero-order chi connectivity index (χ0) is 23.5. The minimum absolute atomic E-state index is 0.118. The highest BCUT2D eigenvalue weighted by molar-refractivity contribution is 5.77. The van der Waals surface area contributed by atoms with E-state index in [0.717, 1.165) is 23.0 Å². The van der Waals surface area contributed by atoms with Crippen molar-refractivity contribution in [2.45, 2.75) is 84.0 Å². The first kappa shape index (κ1) is 26.8. The van der Waals surface area contributed by atoms with Crippen LogP contribution in [0.15, 0.2) is 18.2 Å². The normalized spacial score (nSPS) is 15.4. The first-order valence-electron chi connectivity index (χ1n) is 10.5. The Balaban J connectivity index is 0.000000400. The van der Waals surface area contributed by atoms with E-state index in [4.69, 9.17) is 5.73 Å². The third kappa shape index (κ3) is 10.6. The summed E-state index contributed by atoms with van der Waals surface area (Å²) in [6.45, 7) is 4.46. The Morgan fingerprint density at radius 2 is 1.84 bits per heavy atom. The molecule has 0 unspecified atom stereocenters. The van der Waals surface area contributed by atoms with Crippen molar-refractivity contribution in [3.8, 4) is 0 Å². The van der Waals surface area contributed by atoms with Crippen molar-refractivity contribution >= 4 is 16.9 Å². The van der Waals surface area contributed by atoms with Crippen LogP contribution >= 0.6 is 0 Å². The third-order valence-corrected chi connectivity index (χ3v) is 4.50. The Kier molecular flexibility index (Phi) is 10.9. The summed E-state index contributed by atoms with van der Waals surface area (Å²) >= 11 is 0. The van der Waals surface area contributed by atoms with Gasteiger partial charge in [0, 0.05) is 25.8 Å². The number of halogens is 5. The SMILES string of the molecule is CC.FC1(F)CCCCC1.NCc1nc2ccc(CNC(=O)CCC(F)(F)F)cc2[nH]1. The summed E-state index contributed by atoms with van der Waals surface area (Å²) in [6.07, 6.45) is -3.33. The molecule has 1 aliphatic carbocycles. The molecule has 1 aliphatic rings. The highest BCUT2D eigenvalue weighted by Gasteiger charge is 2.30. The number of nitrogens with zero attached hydrogens (tertiary/aromatic N) is 1. The van der Waals surface area contributed by atoms with Gasteiger partial charge in [0.1, 0.15) is 5.82 Å². The maximum Gasteiger partial charge on any atom is 0.389 e. The molecule has 31 heavy (non-hydrogen) atoms. The van der Waals surface area contributed by atoms with Gasteiger partial charge in [-0.25, -0.2) is 13.8 Å². The first-order chi connectivity index (χ1) is 14.6. The van der Waals surface area contributed by atoms with Gasteiger partial charge >= 0.3 is 6.18 Å². The molecule has 1 aromatic carbocycles. The van der Waals surface area contributed by atoms with E-state index >= 15 is 0 Å². The summed E-state index contributed by atoms with van der Waals surface area (Å²) in [4.78, 5) is 18.6. The average Bonchev–Trinajstić information content (AvgIpc) is 3.14. The quantitative estimate of drug-likeness (QED) is 0.519. The van der Waals surface area contributed by atoms with Crippen molar-refractivity contribution in [1.82, 2.24) is 15.3 Å². The van der Waals surface area contributed by atoms with Gasteiger partial charge in [-0.05, 0) is 30.5 Å². The number of aromatic amines is 1. The second kappa shape index (κ2) is 12.6. The molecule has 1 saturated carbocycles. The lowest BCUT2D eigenvalue weighted by Crippen LogP contribution is -2.24. The van der Waals surface area contributed by atoms with Gasteiger partial charge in [-0.3, -0.25) is 4.79 Å². The van der Waals surface area contributed by atoms with Crippen molar-refractivity contribution < 1.29 is 26.7 Å². The maximum atomic E-state index is 12.2. The predicted octanol–water partition coefficient (Wildman–Crippen LogP) is 5.59. The Morgan fingerprint density at radius 1 is 1.19 bits per heavy atom. The molecule has 4 N–H and O–H groups in total. The largest absolute Gasteiger partial charge is 0.389 e. The van der Waals surface area contributed by atoms with E-state index in [0.29, 0.717) is 18.7 Å². The molecule has 5 nitrogen and oxygen atoms in total. The molecule has 1 fully saturated rings. The minimum atomic E-state index is -4.31. The number of aromatic nitrogens is 2. The molecule has 2 aromatic rings. The van der Waals surface area contributed by atoms with Crippen LogP contribution in [0.25, 0.3) is 11.0 Å². The van der Waals surface area contributed by atoms with E-state index < -0.39 is 30.8 Å². The average molecular weight is 450 g/mol. The smallest absolute Gasteiger partial charge is 0.352 e. The molecule has 0 saturated heterocycles. The van der Waals surface area contributed by atoms with Gasteiger partial charge in [-0.1, -0.05) is 26.3 Å². The number of nitrogens with two attached hydrogens (primary N) is 1. The van der Waals surface area contributed by atoms with Crippen LogP contribution in [0.5, 0.6) is 0 Å². The van der Waals surface area contributed by atoms with E-state index in [9.17, 15) is 26.7 Å². The highest BCUT2D eigenvalue weighted by atomic mass is 19.4. The van der Waals surface area contributed by atoms with Gasteiger partial charge in [0.05, 0.1) is 24.0 Å². The number of carbonyl (C=O) groups excluding carboxylic acids is 1. The standard InChI is InChI=1S/C13H15F3N4O.C6H10F2.C2H6/c14-13(15,16)4-3-12(21)18-7-8-1-2-9-10(5-8)20-11(6-17)19-9;7-6(8)4-2-1-3-5-6;1-2/h1-2,5H,3-4,6-7,17H2,(H,18,21)(H,19,20);1-5H2;1-2H3. The molecule has 0 bridgehead atoms. The van der Waals surface area contributed by atoms with Crippen LogP contribution in [0.4, 0.5) is 22.0 Å². The second-order valence-corrected chi connectivity index (χ2v) is 7.05. The second-order valence-electron chi connectivity index (χ2n) is 7.05. The van der Waals surface area contributed by atoms with Crippen molar-refractivity contribution in [3.63, 3.8) is 0 Å². The number of alkyl halides is 5. The number of rotatable bonds is 5. The molecule has 3 rings (SSSR count). The summed E-state index contributed by atoms with van der Waals surface area (Å²) in [5.41, 5.74) is 7.78. The summed E-state index contributed by atoms with van der Waals surface area (Å²) in [5.74, 6) is -2.30. The van der Waals surface area contributed by atoms with Gasteiger partial charge in [-0.2, -0.15) is 13.2 Å². The number of fused-ring (bicyclic) bond motifs is 1. The van der Waals surface area contributed by atoms with Crippen LogP contribution in [0.3, 0.4) is 0 Å². The topological polar surface area (TPSA) is 83.8 Å². The summed E-state index contributed by atoms with van der Waals surface area (Å²) in [5, 5.41) is 2.46. The number of carbonyl (C=O) groups is 1. The molecule has 1 heterocycles. The summed E-state index contributed by atoms with van der Waals surface area (Å²) in [6, 6.07) is 5.31. The molecule has 0 aliphatic heterocycles. The fourth-order valence-corrected chi connectivity index (χ4v) is 2.93. The Labute approximate surface area is 179 Å². The lowest BCUT2D eigenvalue weighted by molar-refractivity contribution is -0.144. The number of hydrogen-bond acceptors (Lipinski definition) is 3. The minimum Gasteiger partial charge on any atom is -0.352 e. The van der Waals surface area contributed by atoms with Crippen molar-refractivity contribution in [3.05, 3.63) is 29.6 Å². The molecule has 0 atom stereocenters. The highest BCUT2D eigenvalue weighted by Crippen LogP contribution is 2.32. The number of amides is 1. The molecule has 1 amide bonds. The molecule has 10 heteroatoms. The molecule has 176 valence electrons. The van der Waals surface area contributed by atoms with Gasteiger partial charge in [0.25, 0.3) is 0 Å². The van der Waals surface area contributed by atoms with Crippen molar-refractivity contribution in [2.75, 3.05) is 0 Å². The fraction of sp³-hybridized carbons (Fsp3) is 0.619. The van der Waals surface area contributed by atoms with E-state index in [1.54, 1.807) is 18.2 Å². The Hall–Kier alpha value is -2.23. The number of H-pyrrole nitrogens is 1. The summed E-state index contributed by atoms with van der Waals surface area (Å²) < 4.78 is 60.4. The lowest BCUT2D eigenvalue weighted by Gasteiger charge is -2.20. The van der Waals surface area contributed by atoms with Gasteiger partial charge < -0.3 is 16.0 Å². The van der Waals surface area contributed by atoms with Crippen molar-refractivity contribution in [2.24, 2.45) is 5.73 Å². The lowest BCUT2D eigenvalue weighted by atomic mass is 9.97. The molecule has 0 spiro atoms. The van der Waals surface area contributed by atoms with Crippen LogP contribution in [-0.4, -0.2) is 28.0 Å². The van der Waals surface area contributed by atoms with Crippen LogP contribution in [0, 0.1) is 0 Å². The summed E-state index contributed by atoms with van der Waals surface area (Å²) in [7, 11) is 0. The molecule has 1 aromatic heterocycles. The fourth-order valence-electron chi connectivity index (χ4n) is 2.93. The molecule has 0 radical (unpaired) electrons. The monoisotopic (exact) mass is 450 g/mol. The van der Waals surface area contributed by atoms with E-state index in [1.165, 1.54) is 0 Å². The molecular weight excluding hydrogens is 419 g/mol. The Morgan fingerprint density at radius 3 is 2.35 bits per heavy atom. The first-order valence-corrected chi connectivity index (χ1v) is 10.5. The Bertz CT molecular complexity index is 797. The van der Waals surface area contributed by atoms with E-state index in [-0.39, 0.29) is 25.9 Å². The predicted molar refractivity (Wildman–Crippen MR) is 111 cm³/mol. The zero-order valence-electron chi connectivity index (χ0n) is 17.9. The van der Waals surface area contributed by atoms with Crippen molar-refractivity contribution in [1.29, 1.82) is 0 Å². The van der Waals surface area contributed by atoms with Crippen LogP contribution in [0.2, 0.25) is 0 Å². The van der Waals surface area contributed by atoms with Crippen LogP contribution in [-0.2, 0) is 17.9 Å². The number of hydrogen-bond donors (Lipinski definition) is 3. The zero-order valence-corrected chi connectivity index (χ0v) is 17.9. The van der Waals surface area contributed by atoms with Gasteiger partial charge in [0.15, 0.2) is 0 Å². The molecular formula is C21H31F5N4O. The van der Waals surface area contributed by atoms with Gasteiger partial charge in [-0.15, -0.1) is 0 Å². The third-order valence-electron chi connectivity index (χ3n) is 4.50. The maximum absolute atomic E-state index is 12.2. The van der Waals surface area contributed by atoms with E-state index in [1.807, 2.05) is 13.8 Å².